The molecule has 1 aliphatic rings. The highest BCUT2D eigenvalue weighted by Gasteiger charge is 2.23. The smallest absolute Gasteiger partial charge is 0.281 e. The Labute approximate surface area is 178 Å². The highest BCUT2D eigenvalue weighted by molar-refractivity contribution is 5.97. The second-order valence-electron chi connectivity index (χ2n) is 7.02. The maximum Gasteiger partial charge on any atom is 0.281 e. The number of pyridine rings is 1. The molecule has 1 amide bonds. The summed E-state index contributed by atoms with van der Waals surface area (Å²) in [4.78, 5) is 40.3. The average molecular weight is 421 g/mol. The van der Waals surface area contributed by atoms with E-state index in [1.807, 2.05) is 4.57 Å². The molecule has 11 nitrogen and oxygen atoms in total. The number of primary amides is 1. The van der Waals surface area contributed by atoms with Crippen LogP contribution in [0.2, 0.25) is 0 Å². The first-order valence-corrected chi connectivity index (χ1v) is 9.85. The number of nitrogens with one attached hydrogen (secondary N) is 2. The Morgan fingerprint density at radius 3 is 2.81 bits per heavy atom. The van der Waals surface area contributed by atoms with E-state index in [0.717, 1.165) is 26.2 Å². The van der Waals surface area contributed by atoms with Gasteiger partial charge >= 0.3 is 0 Å². The molecule has 0 unspecified atom stereocenters. The van der Waals surface area contributed by atoms with Crippen molar-refractivity contribution in [2.45, 2.75) is 13.5 Å². The van der Waals surface area contributed by atoms with Crippen LogP contribution >= 0.6 is 0 Å². The van der Waals surface area contributed by atoms with E-state index in [-0.39, 0.29) is 17.2 Å². The number of nitrogens with two attached hydrogens (primary N) is 1. The van der Waals surface area contributed by atoms with Crippen LogP contribution in [-0.2, 0) is 13.6 Å². The van der Waals surface area contributed by atoms with Gasteiger partial charge in [-0.3, -0.25) is 18.7 Å². The maximum atomic E-state index is 13.3. The van der Waals surface area contributed by atoms with Crippen LogP contribution in [0.5, 0.6) is 0 Å². The molecule has 4 N–H and O–H groups in total. The van der Waals surface area contributed by atoms with Crippen molar-refractivity contribution in [3.05, 3.63) is 34.4 Å². The number of carbonyl (C=O) groups is 1. The molecule has 31 heavy (non-hydrogen) atoms. The fraction of sp³-hybridized carbons (Fsp3) is 0.350. The van der Waals surface area contributed by atoms with Crippen LogP contribution < -0.4 is 26.8 Å². The van der Waals surface area contributed by atoms with Crippen LogP contribution in [0.25, 0.3) is 11.2 Å². The third-order valence-corrected chi connectivity index (χ3v) is 5.07. The van der Waals surface area contributed by atoms with Gasteiger partial charge in [0.25, 0.3) is 11.5 Å². The van der Waals surface area contributed by atoms with Gasteiger partial charge in [0.15, 0.2) is 16.9 Å². The van der Waals surface area contributed by atoms with Crippen LogP contribution in [0.15, 0.2) is 23.1 Å². The molecule has 1 aliphatic heterocycles. The number of anilines is 3. The largest absolute Gasteiger partial charge is 0.364 e. The first-order valence-electron chi connectivity index (χ1n) is 9.85. The zero-order chi connectivity index (χ0) is 22.0. The van der Waals surface area contributed by atoms with Gasteiger partial charge in [0.1, 0.15) is 0 Å². The molecule has 4 heterocycles. The van der Waals surface area contributed by atoms with Crippen LogP contribution in [0.1, 0.15) is 17.4 Å². The molecule has 0 aromatic carbocycles. The van der Waals surface area contributed by atoms with Crippen molar-refractivity contribution < 1.29 is 4.79 Å². The van der Waals surface area contributed by atoms with Gasteiger partial charge < -0.3 is 21.3 Å². The molecule has 3 aromatic rings. The molecule has 0 radical (unpaired) electrons. The summed E-state index contributed by atoms with van der Waals surface area (Å²) in [5.41, 5.74) is 6.24. The van der Waals surface area contributed by atoms with Crippen molar-refractivity contribution in [2.24, 2.45) is 12.8 Å². The Morgan fingerprint density at radius 1 is 1.32 bits per heavy atom. The molecule has 1 saturated heterocycles. The number of piperazine rings is 1. The van der Waals surface area contributed by atoms with E-state index >= 15 is 0 Å². The molecular weight excluding hydrogens is 398 g/mol. The Hall–Kier alpha value is -3.91. The minimum absolute atomic E-state index is 0.0575. The van der Waals surface area contributed by atoms with E-state index in [4.69, 9.17) is 5.73 Å². The molecule has 1 fully saturated rings. The Balaban J connectivity index is 1.85. The summed E-state index contributed by atoms with van der Waals surface area (Å²) in [6.45, 7) is 5.30. The molecule has 0 spiro atoms. The van der Waals surface area contributed by atoms with Gasteiger partial charge in [0.05, 0.1) is 12.2 Å². The Kier molecular flexibility index (Phi) is 5.55. The predicted molar refractivity (Wildman–Crippen MR) is 117 cm³/mol. The van der Waals surface area contributed by atoms with E-state index < -0.39 is 5.91 Å². The van der Waals surface area contributed by atoms with E-state index in [9.17, 15) is 9.59 Å². The van der Waals surface area contributed by atoms with Crippen molar-refractivity contribution in [1.82, 2.24) is 29.4 Å². The van der Waals surface area contributed by atoms with E-state index in [1.165, 1.54) is 10.8 Å². The number of nitrogens with zero attached hydrogens (tertiary/aromatic N) is 6. The number of amides is 1. The standard InChI is InChI=1S/C20H23N9O2/c1-3-4-10-29-15-17(26-20(29)28-11-8-22-9-12-28)25-19(27(2)18(15)31)24-13-6-5-7-23-14(13)16(21)30/h5-7,22H,8-12H2,1-2H3,(H2,21,30)(H,24,25). The number of rotatable bonds is 5. The minimum atomic E-state index is -0.683. The van der Waals surface area contributed by atoms with Crippen molar-refractivity contribution in [3.8, 4) is 11.8 Å². The lowest BCUT2D eigenvalue weighted by molar-refractivity contribution is 0.0996. The van der Waals surface area contributed by atoms with E-state index in [1.54, 1.807) is 26.1 Å². The van der Waals surface area contributed by atoms with Crippen molar-refractivity contribution in [2.75, 3.05) is 36.4 Å². The van der Waals surface area contributed by atoms with Gasteiger partial charge in [-0.05, 0) is 19.1 Å². The molecular formula is C20H23N9O2. The van der Waals surface area contributed by atoms with Crippen LogP contribution in [0.4, 0.5) is 17.6 Å². The zero-order valence-corrected chi connectivity index (χ0v) is 17.3. The third kappa shape index (κ3) is 3.80. The predicted octanol–water partition coefficient (Wildman–Crippen LogP) is -0.200. The molecule has 11 heteroatoms. The van der Waals surface area contributed by atoms with Crippen molar-refractivity contribution in [1.29, 1.82) is 0 Å². The number of aromatic nitrogens is 5. The van der Waals surface area contributed by atoms with Crippen LogP contribution in [0, 0.1) is 11.8 Å². The summed E-state index contributed by atoms with van der Waals surface area (Å²) in [5, 5.41) is 6.30. The van der Waals surface area contributed by atoms with Crippen LogP contribution in [0.3, 0.4) is 0 Å². The second kappa shape index (κ2) is 8.45. The maximum absolute atomic E-state index is 13.3. The summed E-state index contributed by atoms with van der Waals surface area (Å²) in [6.07, 6.45) is 1.47. The second-order valence-corrected chi connectivity index (χ2v) is 7.02. The number of fused-ring (bicyclic) bond motifs is 1. The summed E-state index contributed by atoms with van der Waals surface area (Å²) in [5.74, 6) is 6.11. The lowest BCUT2D eigenvalue weighted by Crippen LogP contribution is -2.44. The number of carbonyl (C=O) groups excluding carboxylic acids is 1. The molecule has 160 valence electrons. The highest BCUT2D eigenvalue weighted by Crippen LogP contribution is 2.22. The molecule has 4 rings (SSSR count). The quantitative estimate of drug-likeness (QED) is 0.482. The summed E-state index contributed by atoms with van der Waals surface area (Å²) >= 11 is 0. The SMILES string of the molecule is CC#CCn1c(N2CCNCC2)nc2nc(Nc3cccnc3C(N)=O)n(C)c(=O)c21. The number of hydrogen-bond acceptors (Lipinski definition) is 8. The topological polar surface area (TPSA) is 136 Å². The number of hydrogen-bond donors (Lipinski definition) is 3. The van der Waals surface area contributed by atoms with E-state index in [0.29, 0.717) is 29.3 Å². The summed E-state index contributed by atoms with van der Waals surface area (Å²) < 4.78 is 3.19. The van der Waals surface area contributed by atoms with Crippen molar-refractivity contribution >= 4 is 34.7 Å². The first-order chi connectivity index (χ1) is 15.0. The molecule has 0 atom stereocenters. The molecule has 0 bridgehead atoms. The number of imidazole rings is 1. The Bertz CT molecular complexity index is 1260. The molecule has 0 aliphatic carbocycles. The van der Waals surface area contributed by atoms with Gasteiger partial charge in [0.2, 0.25) is 11.9 Å². The van der Waals surface area contributed by atoms with Crippen molar-refractivity contribution in [3.63, 3.8) is 0 Å². The van der Waals surface area contributed by atoms with Crippen LogP contribution in [-0.4, -0.2) is 56.2 Å². The zero-order valence-electron chi connectivity index (χ0n) is 17.3. The highest BCUT2D eigenvalue weighted by atomic mass is 16.1. The summed E-state index contributed by atoms with van der Waals surface area (Å²) in [6, 6.07) is 3.30. The fourth-order valence-corrected chi connectivity index (χ4v) is 3.50. The Morgan fingerprint density at radius 2 is 2.10 bits per heavy atom. The van der Waals surface area contributed by atoms with Gasteiger partial charge in [-0.15, -0.1) is 5.92 Å². The molecule has 3 aromatic heterocycles. The lowest BCUT2D eigenvalue weighted by Gasteiger charge is -2.28. The first kappa shape index (κ1) is 20.4. The third-order valence-electron chi connectivity index (χ3n) is 5.07. The fourth-order valence-electron chi connectivity index (χ4n) is 3.50. The normalized spacial score (nSPS) is 13.7. The monoisotopic (exact) mass is 421 g/mol. The summed E-state index contributed by atoms with van der Waals surface area (Å²) in [7, 11) is 1.60. The minimum Gasteiger partial charge on any atom is -0.364 e. The van der Waals surface area contributed by atoms with Gasteiger partial charge in [-0.1, -0.05) is 5.92 Å². The van der Waals surface area contributed by atoms with Gasteiger partial charge in [0, 0.05) is 39.4 Å². The van der Waals surface area contributed by atoms with E-state index in [2.05, 4.69) is 42.3 Å². The molecule has 0 saturated carbocycles. The average Bonchev–Trinajstić information content (AvgIpc) is 3.15. The lowest BCUT2D eigenvalue weighted by atomic mass is 10.3. The van der Waals surface area contributed by atoms with Gasteiger partial charge in [-0.25, -0.2) is 4.98 Å². The van der Waals surface area contributed by atoms with Gasteiger partial charge in [-0.2, -0.15) is 9.97 Å².